The van der Waals surface area contributed by atoms with Crippen molar-refractivity contribution in [1.29, 1.82) is 0 Å². The van der Waals surface area contributed by atoms with E-state index in [9.17, 15) is 93.1 Å². The molecule has 1 fully saturated rings. The molecular weight excluding hydrogens is 1450 g/mol. The molecule has 1 heterocycles. The van der Waals surface area contributed by atoms with Gasteiger partial charge in [-0.15, -0.1) is 0 Å². The van der Waals surface area contributed by atoms with Crippen molar-refractivity contribution >= 4 is 106 Å². The van der Waals surface area contributed by atoms with E-state index in [0.29, 0.717) is 17.5 Å². The second-order valence-electron chi connectivity index (χ2n) is 27.1. The van der Waals surface area contributed by atoms with Gasteiger partial charge >= 0.3 is 11.9 Å². The smallest absolute Gasteiger partial charge is 0.326 e. The summed E-state index contributed by atoms with van der Waals surface area (Å²) >= 11 is 0. The lowest BCUT2D eigenvalue weighted by molar-refractivity contribution is -0.393. The molecule has 10 atom stereocenters. The number of aliphatic hydroxyl groups is 1. The Morgan fingerprint density at radius 1 is 0.550 bits per heavy atom. The molecular formula is C72H100N20O19. The van der Waals surface area contributed by atoms with Crippen LogP contribution in [0.5, 0.6) is 0 Å². The molecule has 1 aliphatic rings. The number of likely N-dealkylation sites (tertiary alicyclic amines) is 1. The molecule has 1 saturated heterocycles. The molecule has 39 heteroatoms. The number of carboxylic acid groups (broad SMARTS) is 2. The summed E-state index contributed by atoms with van der Waals surface area (Å²) in [6, 6.07) is 10.7. The summed E-state index contributed by atoms with van der Waals surface area (Å²) in [7, 11) is 0. The third-order valence-electron chi connectivity index (χ3n) is 17.7. The molecule has 10 amide bonds. The van der Waals surface area contributed by atoms with Crippen LogP contribution in [0.3, 0.4) is 0 Å². The molecule has 23 N–H and O–H groups in total. The predicted molar refractivity (Wildman–Crippen MR) is 406 cm³/mol. The molecule has 5 rings (SSSR count). The van der Waals surface area contributed by atoms with E-state index in [1.807, 2.05) is 0 Å². The highest BCUT2D eigenvalue weighted by molar-refractivity contribution is 6.03. The minimum Gasteiger partial charge on any atom is -0.481 e. The number of amides is 10. The van der Waals surface area contributed by atoms with Gasteiger partial charge in [0.1, 0.15) is 66.1 Å². The molecule has 4 aromatic rings. The third kappa shape index (κ3) is 29.5. The molecule has 602 valence electrons. The van der Waals surface area contributed by atoms with Crippen molar-refractivity contribution in [3.63, 3.8) is 0 Å². The van der Waals surface area contributed by atoms with Crippen molar-refractivity contribution < 1.29 is 82.7 Å². The van der Waals surface area contributed by atoms with Gasteiger partial charge < -0.3 is 102 Å². The van der Waals surface area contributed by atoms with Gasteiger partial charge in [-0.05, 0) is 105 Å². The van der Waals surface area contributed by atoms with E-state index in [0.717, 1.165) is 18.2 Å². The van der Waals surface area contributed by atoms with Gasteiger partial charge in [-0.3, -0.25) is 83.0 Å². The number of non-ortho nitro benzene ring substituents is 1. The number of nitrogens with zero attached hydrogens (tertiary/aromatic N) is 5. The van der Waals surface area contributed by atoms with Crippen molar-refractivity contribution in [2.24, 2.45) is 44.8 Å². The highest BCUT2D eigenvalue weighted by Gasteiger charge is 2.41. The number of benzene rings is 4. The third-order valence-corrected chi connectivity index (χ3v) is 17.7. The average molecular weight is 1550 g/mol. The van der Waals surface area contributed by atoms with Crippen LogP contribution in [0.2, 0.25) is 0 Å². The SMILES string of the molecule is CC(C)C[C@H](NC(=O)[C@H](CCCN=C(N)N)NC(=O)[C@H](Cc1ccccc1)NC(=O)[C@H](CO)NC(=O)[C@H](CCCN=C(N)N)NC(=O)[C@@H]1CCCN1C(=O)[C@H](Cc1ccccc1)NC(=O)[C@@H](NC(=O)c1ccccc1N)C(C)C)C(=O)N[C@@H](CCCCNc1ccc([N+](=O)[O-])cc1[N+](=O)[O-])C(=O)N[C@@H](CC(=O)O)C(=O)O. The van der Waals surface area contributed by atoms with Crippen LogP contribution in [0.4, 0.5) is 22.7 Å². The summed E-state index contributed by atoms with van der Waals surface area (Å²) in [6.45, 7) is 5.55. The van der Waals surface area contributed by atoms with Gasteiger partial charge in [0.15, 0.2) is 11.9 Å². The number of hydrogen-bond acceptors (Lipinski definition) is 21. The monoisotopic (exact) mass is 1550 g/mol. The average Bonchev–Trinajstić information content (AvgIpc) is 1.75. The van der Waals surface area contributed by atoms with Crippen molar-refractivity contribution in [2.75, 3.05) is 43.8 Å². The molecule has 4 aromatic carbocycles. The number of nitrogens with two attached hydrogens (primary N) is 5. The van der Waals surface area contributed by atoms with E-state index in [1.54, 1.807) is 100 Å². The number of carbonyl (C=O) groups is 12. The fourth-order valence-electron chi connectivity index (χ4n) is 11.9. The maximum absolute atomic E-state index is 14.9. The standard InChI is InChI=1S/C72H100N20O19/c1-40(2)34-51(64(100)81-48(62(98)87-54(70(106)107)38-58(94)95)24-13-14-30-78-47-29-28-44(91(108)109)37-57(47)92(110)111)84-61(97)49(25-15-31-79-71(74)75)82-65(101)52(35-42-18-7-5-8-19-42)85-66(102)55(39-93)88-63(99)50(26-16-32-80-72(76)77)83-67(103)56-27-17-33-90(56)69(105)53(36-43-20-9-6-10-21-43)86-68(104)59(41(3)4)89-60(96)45-22-11-12-23-46(45)73/h5-12,18-23,28-29,37,40-41,48-56,59,78,93H,13-17,24-27,30-36,38-39,73H2,1-4H3,(H,81,100)(H,82,101)(H,83,103)(H,84,97)(H,85,102)(H,86,104)(H,87,98)(H,88,99)(H,89,96)(H,94,95)(H,106,107)(H4,74,75,79)(H4,76,77,80)/t48-,49-,50-,51-,52-,53-,54-,55-,56-,59-/m0/s1. The summed E-state index contributed by atoms with van der Waals surface area (Å²) in [4.78, 5) is 199. The lowest BCUT2D eigenvalue weighted by Crippen LogP contribution is -2.61. The summed E-state index contributed by atoms with van der Waals surface area (Å²) < 4.78 is 0. The molecule has 0 radical (unpaired) electrons. The van der Waals surface area contributed by atoms with E-state index >= 15 is 0 Å². The minimum atomic E-state index is -1.98. The molecule has 0 aromatic heterocycles. The predicted octanol–water partition coefficient (Wildman–Crippen LogP) is -0.818. The highest BCUT2D eigenvalue weighted by atomic mass is 16.6. The number of aliphatic hydroxyl groups excluding tert-OH is 1. The van der Waals surface area contributed by atoms with E-state index in [1.165, 1.54) is 17.0 Å². The number of guanidine groups is 2. The number of nitrogen functional groups attached to an aromatic ring is 1. The van der Waals surface area contributed by atoms with Crippen LogP contribution in [0.15, 0.2) is 113 Å². The second-order valence-corrected chi connectivity index (χ2v) is 27.1. The number of aliphatic imine (C=N–C) groups is 2. The number of aliphatic carboxylic acids is 2. The lowest BCUT2D eigenvalue weighted by Gasteiger charge is -2.31. The first kappa shape index (κ1) is 89.0. The van der Waals surface area contributed by atoms with Gasteiger partial charge in [-0.25, -0.2) is 4.79 Å². The van der Waals surface area contributed by atoms with E-state index in [4.69, 9.17) is 28.7 Å². The Balaban J connectivity index is 1.39. The Labute approximate surface area is 638 Å². The Morgan fingerprint density at radius 2 is 1.03 bits per heavy atom. The number of rotatable bonds is 46. The Hall–Kier alpha value is -12.6. The molecule has 0 spiro atoms. The number of para-hydroxylation sites is 1. The van der Waals surface area contributed by atoms with E-state index in [2.05, 4.69) is 63.2 Å². The first-order valence-electron chi connectivity index (χ1n) is 36.0. The number of anilines is 2. The summed E-state index contributed by atoms with van der Waals surface area (Å²) in [5, 5.41) is 79.1. The normalized spacial score (nSPS) is 14.8. The van der Waals surface area contributed by atoms with Crippen LogP contribution in [0.1, 0.15) is 120 Å². The number of unbranched alkanes of at least 4 members (excludes halogenated alkanes) is 1. The Kier molecular flexibility index (Phi) is 35.8. The molecule has 111 heavy (non-hydrogen) atoms. The molecule has 0 aliphatic carbocycles. The van der Waals surface area contributed by atoms with Crippen molar-refractivity contribution in [1.82, 2.24) is 52.8 Å². The molecule has 1 aliphatic heterocycles. The van der Waals surface area contributed by atoms with Crippen LogP contribution >= 0.6 is 0 Å². The summed E-state index contributed by atoms with van der Waals surface area (Å²) in [5.41, 5.74) is 28.6. The molecule has 39 nitrogen and oxygen atoms in total. The second kappa shape index (κ2) is 44.7. The van der Waals surface area contributed by atoms with Gasteiger partial charge in [0.25, 0.3) is 17.3 Å². The van der Waals surface area contributed by atoms with Crippen LogP contribution in [0, 0.1) is 32.1 Å². The fraction of sp³-hybridized carbons (Fsp3) is 0.472. The van der Waals surface area contributed by atoms with Crippen molar-refractivity contribution in [3.8, 4) is 0 Å². The first-order valence-corrected chi connectivity index (χ1v) is 36.0. The van der Waals surface area contributed by atoms with Gasteiger partial charge in [-0.1, -0.05) is 100 Å². The zero-order chi connectivity index (χ0) is 82.0. The number of carbonyl (C=O) groups excluding carboxylic acids is 10. The number of carboxylic acids is 2. The van der Waals surface area contributed by atoms with E-state index in [-0.39, 0.29) is 132 Å². The van der Waals surface area contributed by atoms with Crippen LogP contribution < -0.4 is 81.8 Å². The largest absolute Gasteiger partial charge is 0.481 e. The first-order chi connectivity index (χ1) is 52.7. The van der Waals surface area contributed by atoms with Crippen molar-refractivity contribution in [3.05, 3.63) is 140 Å². The summed E-state index contributed by atoms with van der Waals surface area (Å²) in [5.74, 6) is -13.9. The van der Waals surface area contributed by atoms with Crippen molar-refractivity contribution in [2.45, 2.75) is 172 Å². The molecule has 0 bridgehead atoms. The van der Waals surface area contributed by atoms with Crippen LogP contribution in [-0.4, -0.2) is 206 Å². The number of nitro benzene ring substituents is 2. The number of nitrogens with one attached hydrogen (secondary N) is 10. The fourth-order valence-corrected chi connectivity index (χ4v) is 11.9. The lowest BCUT2D eigenvalue weighted by atomic mass is 10.00. The molecule has 0 unspecified atom stereocenters. The quantitative estimate of drug-likeness (QED) is 0.00642. The van der Waals surface area contributed by atoms with E-state index < -0.39 is 172 Å². The van der Waals surface area contributed by atoms with Crippen LogP contribution in [-0.2, 0) is 65.6 Å². The number of hydrogen-bond donors (Lipinski definition) is 18. The maximum Gasteiger partial charge on any atom is 0.326 e. The molecule has 0 saturated carbocycles. The van der Waals surface area contributed by atoms with Gasteiger partial charge in [-0.2, -0.15) is 0 Å². The topological polar surface area (TPSA) is 630 Å². The zero-order valence-corrected chi connectivity index (χ0v) is 62.0. The van der Waals surface area contributed by atoms with Gasteiger partial charge in [0.05, 0.1) is 34.5 Å². The number of nitro groups is 2. The summed E-state index contributed by atoms with van der Waals surface area (Å²) in [6.07, 6.45) is -1.65. The van der Waals surface area contributed by atoms with Crippen LogP contribution in [0.25, 0.3) is 0 Å². The van der Waals surface area contributed by atoms with Gasteiger partial charge in [0.2, 0.25) is 53.2 Å². The van der Waals surface area contributed by atoms with Gasteiger partial charge in [0, 0.05) is 50.8 Å². The Bertz CT molecular complexity index is 3970. The Morgan fingerprint density at radius 3 is 1.54 bits per heavy atom. The highest BCUT2D eigenvalue weighted by Crippen LogP contribution is 2.29. The maximum atomic E-state index is 14.9. The zero-order valence-electron chi connectivity index (χ0n) is 62.0. The minimum absolute atomic E-state index is 0.000625.